The monoisotopic (exact) mass is 326 g/mol. The Morgan fingerprint density at radius 2 is 1.83 bits per heavy atom. The standard InChI is InChI=1S/C18H18N2O4/c1-12-3-8-16(9-13(12)2)24-11-17(21)20-19-10-14-4-6-15(7-5-14)18(22)23/h3-10H,11H2,1-2H3,(H,20,21)(H,22,23)/b19-10+. The number of carboxylic acid groups (broad SMARTS) is 1. The van der Waals surface area contributed by atoms with Crippen LogP contribution in [0.2, 0.25) is 0 Å². The predicted molar refractivity (Wildman–Crippen MR) is 90.5 cm³/mol. The van der Waals surface area contributed by atoms with Gasteiger partial charge in [0.15, 0.2) is 6.61 Å². The molecular weight excluding hydrogens is 308 g/mol. The van der Waals surface area contributed by atoms with Crippen molar-refractivity contribution >= 4 is 18.1 Å². The molecule has 0 aromatic heterocycles. The van der Waals surface area contributed by atoms with Crippen LogP contribution in [-0.4, -0.2) is 29.8 Å². The number of amides is 1. The summed E-state index contributed by atoms with van der Waals surface area (Å²) < 4.78 is 5.40. The minimum Gasteiger partial charge on any atom is -0.484 e. The molecule has 0 aliphatic heterocycles. The van der Waals surface area contributed by atoms with Crippen LogP contribution in [0.15, 0.2) is 47.6 Å². The lowest BCUT2D eigenvalue weighted by Crippen LogP contribution is -2.24. The average molecular weight is 326 g/mol. The highest BCUT2D eigenvalue weighted by molar-refractivity contribution is 5.89. The van der Waals surface area contributed by atoms with E-state index < -0.39 is 5.97 Å². The van der Waals surface area contributed by atoms with E-state index in [9.17, 15) is 9.59 Å². The summed E-state index contributed by atoms with van der Waals surface area (Å²) in [6.45, 7) is 3.84. The maximum atomic E-state index is 11.7. The summed E-state index contributed by atoms with van der Waals surface area (Å²) in [7, 11) is 0. The van der Waals surface area contributed by atoms with Gasteiger partial charge >= 0.3 is 5.97 Å². The van der Waals surface area contributed by atoms with E-state index in [0.29, 0.717) is 11.3 Å². The van der Waals surface area contributed by atoms with Crippen molar-refractivity contribution in [1.82, 2.24) is 5.43 Å². The molecular formula is C18H18N2O4. The maximum absolute atomic E-state index is 11.7. The summed E-state index contributed by atoms with van der Waals surface area (Å²) in [5.41, 5.74) is 5.47. The van der Waals surface area contributed by atoms with Crippen LogP contribution >= 0.6 is 0 Å². The smallest absolute Gasteiger partial charge is 0.335 e. The van der Waals surface area contributed by atoms with Gasteiger partial charge in [0, 0.05) is 0 Å². The molecule has 0 spiro atoms. The number of hydrazone groups is 1. The molecule has 0 fully saturated rings. The van der Waals surface area contributed by atoms with E-state index in [1.165, 1.54) is 18.3 Å². The van der Waals surface area contributed by atoms with Gasteiger partial charge in [0.05, 0.1) is 11.8 Å². The van der Waals surface area contributed by atoms with Crippen molar-refractivity contribution in [3.05, 3.63) is 64.7 Å². The van der Waals surface area contributed by atoms with Gasteiger partial charge in [0.25, 0.3) is 5.91 Å². The first kappa shape index (κ1) is 17.2. The number of aromatic carboxylic acids is 1. The first-order chi connectivity index (χ1) is 11.5. The van der Waals surface area contributed by atoms with Crippen LogP contribution in [0.5, 0.6) is 5.75 Å². The number of hydrogen-bond donors (Lipinski definition) is 2. The largest absolute Gasteiger partial charge is 0.484 e. The van der Waals surface area contributed by atoms with Crippen molar-refractivity contribution in [3.8, 4) is 5.75 Å². The van der Waals surface area contributed by atoms with Gasteiger partial charge in [-0.3, -0.25) is 4.79 Å². The Morgan fingerprint density at radius 3 is 2.46 bits per heavy atom. The number of rotatable bonds is 6. The van der Waals surface area contributed by atoms with Gasteiger partial charge in [-0.25, -0.2) is 10.2 Å². The number of nitrogens with one attached hydrogen (secondary N) is 1. The van der Waals surface area contributed by atoms with E-state index in [-0.39, 0.29) is 18.1 Å². The maximum Gasteiger partial charge on any atom is 0.335 e. The van der Waals surface area contributed by atoms with Crippen LogP contribution in [0.4, 0.5) is 0 Å². The van der Waals surface area contributed by atoms with Gasteiger partial charge in [0.2, 0.25) is 0 Å². The quantitative estimate of drug-likeness (QED) is 0.631. The van der Waals surface area contributed by atoms with Crippen molar-refractivity contribution in [2.24, 2.45) is 5.10 Å². The highest BCUT2D eigenvalue weighted by Crippen LogP contribution is 2.16. The van der Waals surface area contributed by atoms with E-state index in [4.69, 9.17) is 9.84 Å². The van der Waals surface area contributed by atoms with Gasteiger partial charge in [-0.2, -0.15) is 5.10 Å². The molecule has 0 radical (unpaired) electrons. The molecule has 2 rings (SSSR count). The Bertz CT molecular complexity index is 767. The Balaban J connectivity index is 1.81. The molecule has 2 N–H and O–H groups in total. The SMILES string of the molecule is Cc1ccc(OCC(=O)N/N=C/c2ccc(C(=O)O)cc2)cc1C. The zero-order valence-electron chi connectivity index (χ0n) is 13.4. The third-order valence-electron chi connectivity index (χ3n) is 3.41. The second-order valence-electron chi connectivity index (χ2n) is 5.26. The van der Waals surface area contributed by atoms with Crippen molar-refractivity contribution in [1.29, 1.82) is 0 Å². The van der Waals surface area contributed by atoms with E-state index >= 15 is 0 Å². The summed E-state index contributed by atoms with van der Waals surface area (Å²) >= 11 is 0. The van der Waals surface area contributed by atoms with Crippen LogP contribution in [0.3, 0.4) is 0 Å². The van der Waals surface area contributed by atoms with Crippen LogP contribution in [0.1, 0.15) is 27.0 Å². The molecule has 2 aromatic carbocycles. The topological polar surface area (TPSA) is 88.0 Å². The number of benzene rings is 2. The zero-order valence-corrected chi connectivity index (χ0v) is 13.4. The van der Waals surface area contributed by atoms with E-state index in [2.05, 4.69) is 10.5 Å². The summed E-state index contributed by atoms with van der Waals surface area (Å²) in [5.74, 6) is -0.747. The van der Waals surface area contributed by atoms with Crippen molar-refractivity contribution in [3.63, 3.8) is 0 Å². The fourth-order valence-corrected chi connectivity index (χ4v) is 1.88. The molecule has 124 valence electrons. The highest BCUT2D eigenvalue weighted by atomic mass is 16.5. The molecule has 6 heteroatoms. The summed E-state index contributed by atoms with van der Waals surface area (Å²) in [6, 6.07) is 11.7. The molecule has 0 heterocycles. The Hall–Kier alpha value is -3.15. The Kier molecular flexibility index (Phi) is 5.68. The average Bonchev–Trinajstić information content (AvgIpc) is 2.56. The number of nitrogens with zero attached hydrogens (tertiary/aromatic N) is 1. The Labute approximate surface area is 139 Å². The van der Waals surface area contributed by atoms with Crippen LogP contribution in [0.25, 0.3) is 0 Å². The zero-order chi connectivity index (χ0) is 17.5. The lowest BCUT2D eigenvalue weighted by atomic mass is 10.1. The van der Waals surface area contributed by atoms with Gasteiger partial charge < -0.3 is 9.84 Å². The van der Waals surface area contributed by atoms with Crippen LogP contribution in [-0.2, 0) is 4.79 Å². The molecule has 0 saturated carbocycles. The number of ether oxygens (including phenoxy) is 1. The number of hydrogen-bond acceptors (Lipinski definition) is 4. The normalized spacial score (nSPS) is 10.6. The number of carboxylic acids is 1. The number of carbonyl (C=O) groups excluding carboxylic acids is 1. The van der Waals surface area contributed by atoms with E-state index in [1.54, 1.807) is 12.1 Å². The molecule has 0 aliphatic carbocycles. The molecule has 24 heavy (non-hydrogen) atoms. The third kappa shape index (κ3) is 4.95. The van der Waals surface area contributed by atoms with Crippen molar-refractivity contribution in [2.75, 3.05) is 6.61 Å². The second kappa shape index (κ2) is 7.92. The third-order valence-corrected chi connectivity index (χ3v) is 3.41. The predicted octanol–water partition coefficient (Wildman–Crippen LogP) is 2.53. The molecule has 1 amide bonds. The fraction of sp³-hybridized carbons (Fsp3) is 0.167. The fourth-order valence-electron chi connectivity index (χ4n) is 1.88. The van der Waals surface area contributed by atoms with Crippen molar-refractivity contribution in [2.45, 2.75) is 13.8 Å². The first-order valence-corrected chi connectivity index (χ1v) is 7.31. The summed E-state index contributed by atoms with van der Waals surface area (Å²) in [5, 5.41) is 12.6. The second-order valence-corrected chi connectivity index (χ2v) is 5.26. The minimum atomic E-state index is -0.990. The Morgan fingerprint density at radius 1 is 1.12 bits per heavy atom. The van der Waals surface area contributed by atoms with E-state index in [1.807, 2.05) is 32.0 Å². The molecule has 0 saturated heterocycles. The number of aryl methyl sites for hydroxylation is 2. The molecule has 0 atom stereocenters. The van der Waals surface area contributed by atoms with Crippen LogP contribution in [0, 0.1) is 13.8 Å². The van der Waals surface area contributed by atoms with Gasteiger partial charge in [-0.1, -0.05) is 18.2 Å². The van der Waals surface area contributed by atoms with Gasteiger partial charge in [0.1, 0.15) is 5.75 Å². The number of carbonyl (C=O) groups is 2. The highest BCUT2D eigenvalue weighted by Gasteiger charge is 2.03. The van der Waals surface area contributed by atoms with E-state index in [0.717, 1.165) is 11.1 Å². The summed E-state index contributed by atoms with van der Waals surface area (Å²) in [4.78, 5) is 22.4. The molecule has 0 bridgehead atoms. The lowest BCUT2D eigenvalue weighted by Gasteiger charge is -2.07. The molecule has 0 unspecified atom stereocenters. The minimum absolute atomic E-state index is 0.141. The van der Waals surface area contributed by atoms with Gasteiger partial charge in [-0.15, -0.1) is 0 Å². The van der Waals surface area contributed by atoms with Gasteiger partial charge in [-0.05, 0) is 54.8 Å². The van der Waals surface area contributed by atoms with Crippen molar-refractivity contribution < 1.29 is 19.4 Å². The molecule has 0 aliphatic rings. The summed E-state index contributed by atoms with van der Waals surface area (Å²) in [6.07, 6.45) is 1.43. The molecule has 2 aromatic rings. The molecule has 6 nitrogen and oxygen atoms in total. The lowest BCUT2D eigenvalue weighted by molar-refractivity contribution is -0.123. The van der Waals surface area contributed by atoms with Crippen LogP contribution < -0.4 is 10.2 Å². The first-order valence-electron chi connectivity index (χ1n) is 7.31.